The summed E-state index contributed by atoms with van der Waals surface area (Å²) in [6, 6.07) is 7.11. The molecule has 0 aliphatic heterocycles. The number of aromatic nitrogens is 1. The fourth-order valence-electron chi connectivity index (χ4n) is 2.49. The number of aryl methyl sites for hydroxylation is 1. The van der Waals surface area contributed by atoms with Crippen molar-refractivity contribution < 1.29 is 22.7 Å². The van der Waals surface area contributed by atoms with Crippen molar-refractivity contribution in [3.05, 3.63) is 50.8 Å². The van der Waals surface area contributed by atoms with Crippen LogP contribution in [-0.2, 0) is 6.18 Å². The SMILES string of the molecule is COc1cc2cc(C)n(C(=O)c3ccc(C(F)(F)F)s3)c2cc1Cl. The Kier molecular flexibility index (Phi) is 4.09. The minimum atomic E-state index is -4.46. The summed E-state index contributed by atoms with van der Waals surface area (Å²) in [6.07, 6.45) is -4.46. The predicted molar refractivity (Wildman–Crippen MR) is 87.3 cm³/mol. The average Bonchev–Trinajstić information content (AvgIpc) is 3.09. The maximum Gasteiger partial charge on any atom is 0.425 e. The van der Waals surface area contributed by atoms with Crippen LogP contribution >= 0.6 is 22.9 Å². The number of ether oxygens (including phenoxy) is 1. The summed E-state index contributed by atoms with van der Waals surface area (Å²) >= 11 is 6.53. The maximum atomic E-state index is 12.7. The predicted octanol–water partition coefficient (Wildman–Crippen LogP) is 5.38. The third kappa shape index (κ3) is 2.78. The van der Waals surface area contributed by atoms with Crippen LogP contribution in [0.5, 0.6) is 5.75 Å². The number of nitrogens with zero attached hydrogens (tertiary/aromatic N) is 1. The lowest BCUT2D eigenvalue weighted by atomic mass is 10.2. The van der Waals surface area contributed by atoms with Gasteiger partial charge < -0.3 is 4.74 Å². The number of methoxy groups -OCH3 is 1. The van der Waals surface area contributed by atoms with Crippen LogP contribution in [0.3, 0.4) is 0 Å². The van der Waals surface area contributed by atoms with Crippen molar-refractivity contribution in [2.24, 2.45) is 0 Å². The van der Waals surface area contributed by atoms with Gasteiger partial charge in [-0.05, 0) is 37.3 Å². The molecule has 0 fully saturated rings. The third-order valence-electron chi connectivity index (χ3n) is 3.56. The van der Waals surface area contributed by atoms with Gasteiger partial charge in [0.1, 0.15) is 10.6 Å². The number of halogens is 4. The third-order valence-corrected chi connectivity index (χ3v) is 4.97. The highest BCUT2D eigenvalue weighted by Crippen LogP contribution is 2.36. The first-order valence-corrected chi connectivity index (χ1v) is 7.99. The Morgan fingerprint density at radius 3 is 2.54 bits per heavy atom. The van der Waals surface area contributed by atoms with Crippen molar-refractivity contribution in [2.45, 2.75) is 13.1 Å². The number of hydrogen-bond acceptors (Lipinski definition) is 3. The Morgan fingerprint density at radius 1 is 1.25 bits per heavy atom. The maximum absolute atomic E-state index is 12.7. The average molecular weight is 374 g/mol. The van der Waals surface area contributed by atoms with Crippen LogP contribution in [0.4, 0.5) is 13.2 Å². The topological polar surface area (TPSA) is 31.2 Å². The van der Waals surface area contributed by atoms with Crippen LogP contribution in [0.1, 0.15) is 20.2 Å². The summed E-state index contributed by atoms with van der Waals surface area (Å²) in [5.74, 6) is -0.0616. The number of fused-ring (bicyclic) bond motifs is 1. The Labute approximate surface area is 144 Å². The van der Waals surface area contributed by atoms with Crippen molar-refractivity contribution in [2.75, 3.05) is 7.11 Å². The number of benzene rings is 1. The molecule has 3 rings (SSSR count). The molecule has 0 radical (unpaired) electrons. The molecule has 126 valence electrons. The van der Waals surface area contributed by atoms with E-state index in [1.165, 1.54) is 17.7 Å². The molecule has 0 bridgehead atoms. The smallest absolute Gasteiger partial charge is 0.425 e. The zero-order chi connectivity index (χ0) is 17.6. The highest BCUT2D eigenvalue weighted by Gasteiger charge is 2.33. The highest BCUT2D eigenvalue weighted by molar-refractivity contribution is 7.14. The number of alkyl halides is 3. The summed E-state index contributed by atoms with van der Waals surface area (Å²) in [5.41, 5.74) is 1.12. The molecule has 1 aromatic carbocycles. The van der Waals surface area contributed by atoms with Crippen LogP contribution in [0.2, 0.25) is 5.02 Å². The van der Waals surface area contributed by atoms with Crippen molar-refractivity contribution in [3.63, 3.8) is 0 Å². The minimum absolute atomic E-state index is 0.00913. The summed E-state index contributed by atoms with van der Waals surface area (Å²) in [7, 11) is 1.48. The second kappa shape index (κ2) is 5.82. The molecule has 2 aromatic heterocycles. The monoisotopic (exact) mass is 373 g/mol. The zero-order valence-corrected chi connectivity index (χ0v) is 14.1. The van der Waals surface area contributed by atoms with E-state index < -0.39 is 17.0 Å². The molecule has 0 aliphatic rings. The number of carbonyl (C=O) groups excluding carboxylic acids is 1. The molecule has 0 spiro atoms. The Balaban J connectivity index is 2.12. The van der Waals surface area contributed by atoms with Gasteiger partial charge in [0, 0.05) is 11.1 Å². The molecule has 2 heterocycles. The van der Waals surface area contributed by atoms with Gasteiger partial charge in [0.2, 0.25) is 0 Å². The molecule has 0 amide bonds. The lowest BCUT2D eigenvalue weighted by molar-refractivity contribution is -0.134. The first-order chi connectivity index (χ1) is 11.2. The van der Waals surface area contributed by atoms with Crippen LogP contribution < -0.4 is 4.74 Å². The standard InChI is InChI=1S/C16H11ClF3NO2S/c1-8-5-9-6-12(23-2)10(17)7-11(9)21(8)15(22)13-3-4-14(24-13)16(18,19)20/h3-7H,1-2H3. The van der Waals surface area contributed by atoms with Gasteiger partial charge in [-0.15, -0.1) is 11.3 Å². The molecule has 0 saturated carbocycles. The van der Waals surface area contributed by atoms with Gasteiger partial charge in [-0.1, -0.05) is 11.6 Å². The first-order valence-electron chi connectivity index (χ1n) is 6.79. The normalized spacial score (nSPS) is 11.9. The Bertz CT molecular complexity index is 943. The Morgan fingerprint density at radius 2 is 1.96 bits per heavy atom. The molecule has 0 atom stereocenters. The van der Waals surface area contributed by atoms with E-state index in [4.69, 9.17) is 16.3 Å². The molecule has 24 heavy (non-hydrogen) atoms. The zero-order valence-electron chi connectivity index (χ0n) is 12.6. The molecular formula is C16H11ClF3NO2S. The highest BCUT2D eigenvalue weighted by atomic mass is 35.5. The van der Waals surface area contributed by atoms with Gasteiger partial charge in [0.05, 0.1) is 22.5 Å². The first kappa shape index (κ1) is 16.9. The lowest BCUT2D eigenvalue weighted by Gasteiger charge is -2.07. The molecule has 3 nitrogen and oxygen atoms in total. The van der Waals surface area contributed by atoms with Crippen molar-refractivity contribution in [3.8, 4) is 5.75 Å². The van der Waals surface area contributed by atoms with Gasteiger partial charge in [-0.25, -0.2) is 0 Å². The minimum Gasteiger partial charge on any atom is -0.495 e. The second-order valence-electron chi connectivity index (χ2n) is 5.13. The van der Waals surface area contributed by atoms with Crippen LogP contribution in [-0.4, -0.2) is 17.6 Å². The van der Waals surface area contributed by atoms with Gasteiger partial charge in [-0.3, -0.25) is 9.36 Å². The van der Waals surface area contributed by atoms with Crippen LogP contribution in [0.15, 0.2) is 30.3 Å². The van der Waals surface area contributed by atoms with E-state index in [9.17, 15) is 18.0 Å². The van der Waals surface area contributed by atoms with Crippen molar-refractivity contribution in [1.29, 1.82) is 0 Å². The summed E-state index contributed by atoms with van der Waals surface area (Å²) in [5, 5.41) is 1.04. The van der Waals surface area contributed by atoms with E-state index in [2.05, 4.69) is 0 Å². The molecule has 8 heteroatoms. The van der Waals surface area contributed by atoms with Gasteiger partial charge >= 0.3 is 6.18 Å². The van der Waals surface area contributed by atoms with E-state index in [1.54, 1.807) is 25.1 Å². The second-order valence-corrected chi connectivity index (χ2v) is 6.62. The molecule has 0 aliphatic carbocycles. The molecule has 0 saturated heterocycles. The number of hydrogen-bond donors (Lipinski definition) is 0. The Hall–Kier alpha value is -1.99. The van der Waals surface area contributed by atoms with Crippen molar-refractivity contribution in [1.82, 2.24) is 4.57 Å². The van der Waals surface area contributed by atoms with Crippen LogP contribution in [0.25, 0.3) is 10.9 Å². The quantitative estimate of drug-likeness (QED) is 0.603. The number of rotatable bonds is 2. The summed E-state index contributed by atoms with van der Waals surface area (Å²) in [6.45, 7) is 1.70. The molecular weight excluding hydrogens is 363 g/mol. The number of thiophene rings is 1. The van der Waals surface area contributed by atoms with Crippen molar-refractivity contribution >= 4 is 39.7 Å². The fourth-order valence-corrected chi connectivity index (χ4v) is 3.53. The lowest BCUT2D eigenvalue weighted by Crippen LogP contribution is -2.11. The van der Waals surface area contributed by atoms with E-state index in [0.29, 0.717) is 33.3 Å². The van der Waals surface area contributed by atoms with E-state index in [1.807, 2.05) is 0 Å². The van der Waals surface area contributed by atoms with Gasteiger partial charge in [0.15, 0.2) is 0 Å². The van der Waals surface area contributed by atoms with Crippen LogP contribution in [0, 0.1) is 6.92 Å². The molecule has 3 aromatic rings. The number of carbonyl (C=O) groups is 1. The largest absolute Gasteiger partial charge is 0.495 e. The summed E-state index contributed by atoms with van der Waals surface area (Å²) < 4.78 is 44.7. The van der Waals surface area contributed by atoms with Gasteiger partial charge in [0.25, 0.3) is 5.91 Å². The molecule has 0 N–H and O–H groups in total. The molecule has 0 unspecified atom stereocenters. The summed E-state index contributed by atoms with van der Waals surface area (Å²) in [4.78, 5) is 11.9. The van der Waals surface area contributed by atoms with Gasteiger partial charge in [-0.2, -0.15) is 13.2 Å². The van der Waals surface area contributed by atoms with E-state index in [0.717, 1.165) is 11.5 Å². The fraction of sp³-hybridized carbons (Fsp3) is 0.188. The van der Waals surface area contributed by atoms with E-state index in [-0.39, 0.29) is 4.88 Å². The van der Waals surface area contributed by atoms with E-state index >= 15 is 0 Å².